The van der Waals surface area contributed by atoms with Crippen LogP contribution >= 0.6 is 0 Å². The summed E-state index contributed by atoms with van der Waals surface area (Å²) < 4.78 is 24.3. The average Bonchev–Trinajstić information content (AvgIpc) is 3.12. The van der Waals surface area contributed by atoms with Crippen LogP contribution < -0.4 is 10.1 Å². The van der Waals surface area contributed by atoms with E-state index in [1.54, 1.807) is 48.4 Å². The highest BCUT2D eigenvalue weighted by atomic mass is 19.1. The van der Waals surface area contributed by atoms with E-state index >= 15 is 0 Å². The molecule has 30 heavy (non-hydrogen) atoms. The van der Waals surface area contributed by atoms with Gasteiger partial charge in [-0.2, -0.15) is 0 Å². The molecule has 2 aliphatic heterocycles. The molecule has 1 spiro atoms. The lowest BCUT2D eigenvalue weighted by atomic mass is 9.71. The highest BCUT2D eigenvalue weighted by Crippen LogP contribution is 2.45. The van der Waals surface area contributed by atoms with Gasteiger partial charge in [0.15, 0.2) is 0 Å². The molecule has 0 unspecified atom stereocenters. The van der Waals surface area contributed by atoms with Crippen LogP contribution in [0.15, 0.2) is 48.5 Å². The molecule has 0 bridgehead atoms. The van der Waals surface area contributed by atoms with Gasteiger partial charge in [-0.1, -0.05) is 12.1 Å². The molecule has 0 saturated carbocycles. The Hall–Kier alpha value is -2.93. The number of likely N-dealkylation sites (tertiary alicyclic amines) is 1. The van der Waals surface area contributed by atoms with E-state index in [0.29, 0.717) is 56.1 Å². The summed E-state index contributed by atoms with van der Waals surface area (Å²) in [6, 6.07) is 12.9. The Labute approximate surface area is 175 Å². The third-order valence-corrected chi connectivity index (χ3v) is 6.15. The van der Waals surface area contributed by atoms with Crippen molar-refractivity contribution in [3.05, 3.63) is 59.9 Å². The number of hydrogen-bond donors (Lipinski definition) is 1. The molecule has 1 atom stereocenters. The van der Waals surface area contributed by atoms with E-state index in [4.69, 9.17) is 9.47 Å². The zero-order valence-corrected chi connectivity index (χ0v) is 16.9. The first-order valence-corrected chi connectivity index (χ1v) is 10.1. The summed E-state index contributed by atoms with van der Waals surface area (Å²) in [6.07, 6.45) is 1.41. The molecule has 2 saturated heterocycles. The second-order valence-corrected chi connectivity index (χ2v) is 7.94. The molecule has 158 valence electrons. The van der Waals surface area contributed by atoms with Crippen LogP contribution in [-0.4, -0.2) is 50.1 Å². The van der Waals surface area contributed by atoms with Crippen molar-refractivity contribution >= 4 is 17.5 Å². The van der Waals surface area contributed by atoms with Crippen LogP contribution in [0, 0.1) is 17.2 Å². The smallest absolute Gasteiger partial charge is 0.254 e. The topological polar surface area (TPSA) is 67.9 Å². The number of hydrogen-bond acceptors (Lipinski definition) is 4. The second kappa shape index (κ2) is 8.44. The normalized spacial score (nSPS) is 20.2. The Morgan fingerprint density at radius 3 is 2.67 bits per heavy atom. The van der Waals surface area contributed by atoms with Crippen LogP contribution in [0.25, 0.3) is 0 Å². The van der Waals surface area contributed by atoms with Crippen molar-refractivity contribution < 1.29 is 23.5 Å². The number of methoxy groups -OCH3 is 1. The Balaban J connectivity index is 1.57. The molecule has 2 aliphatic rings. The fourth-order valence-electron chi connectivity index (χ4n) is 4.50. The lowest BCUT2D eigenvalue weighted by molar-refractivity contribution is -0.124. The number of rotatable bonds is 4. The number of benzene rings is 2. The Morgan fingerprint density at radius 2 is 1.93 bits per heavy atom. The number of carbonyl (C=O) groups is 2. The molecular formula is C23H25FN2O4. The van der Waals surface area contributed by atoms with Gasteiger partial charge < -0.3 is 19.7 Å². The minimum atomic E-state index is -0.408. The fourth-order valence-corrected chi connectivity index (χ4v) is 4.50. The standard InChI is InChI=1S/C23H25FN2O4/c1-29-19-7-2-4-16(12-19)22(28)26-14-20(23(15-26)8-10-30-11-9-23)21(27)25-18-6-3-5-17(24)13-18/h2-7,12-13,20H,8-11,14-15H2,1H3,(H,25,27)/t20-/m1/s1. The van der Waals surface area contributed by atoms with Crippen molar-refractivity contribution in [1.82, 2.24) is 4.90 Å². The number of halogens is 1. The van der Waals surface area contributed by atoms with Gasteiger partial charge in [0.25, 0.3) is 5.91 Å². The minimum absolute atomic E-state index is 0.124. The van der Waals surface area contributed by atoms with Crippen LogP contribution in [0.5, 0.6) is 5.75 Å². The Kier molecular flexibility index (Phi) is 5.72. The summed E-state index contributed by atoms with van der Waals surface area (Å²) >= 11 is 0. The van der Waals surface area contributed by atoms with Crippen LogP contribution in [0.1, 0.15) is 23.2 Å². The van der Waals surface area contributed by atoms with Crippen molar-refractivity contribution in [1.29, 1.82) is 0 Å². The van der Waals surface area contributed by atoms with Crippen molar-refractivity contribution in [3.8, 4) is 5.75 Å². The van der Waals surface area contributed by atoms with Gasteiger partial charge in [-0.3, -0.25) is 9.59 Å². The van der Waals surface area contributed by atoms with E-state index in [1.165, 1.54) is 12.1 Å². The number of nitrogens with one attached hydrogen (secondary N) is 1. The van der Waals surface area contributed by atoms with Gasteiger partial charge in [-0.25, -0.2) is 4.39 Å². The number of nitrogens with zero attached hydrogens (tertiary/aromatic N) is 1. The van der Waals surface area contributed by atoms with Crippen molar-refractivity contribution in [2.45, 2.75) is 12.8 Å². The van der Waals surface area contributed by atoms with Crippen LogP contribution in [0.2, 0.25) is 0 Å². The monoisotopic (exact) mass is 412 g/mol. The summed E-state index contributed by atoms with van der Waals surface area (Å²) in [4.78, 5) is 28.1. The Morgan fingerprint density at radius 1 is 1.17 bits per heavy atom. The summed E-state index contributed by atoms with van der Waals surface area (Å²) in [5, 5.41) is 2.84. The molecule has 4 rings (SSSR count). The highest BCUT2D eigenvalue weighted by molar-refractivity contribution is 5.97. The lowest BCUT2D eigenvalue weighted by Crippen LogP contribution is -2.42. The van der Waals surface area contributed by atoms with E-state index in [0.717, 1.165) is 0 Å². The molecule has 0 aromatic heterocycles. The molecule has 1 N–H and O–H groups in total. The van der Waals surface area contributed by atoms with Gasteiger partial charge in [0.2, 0.25) is 5.91 Å². The first kappa shape index (κ1) is 20.3. The molecule has 2 amide bonds. The maximum Gasteiger partial charge on any atom is 0.254 e. The highest BCUT2D eigenvalue weighted by Gasteiger charge is 2.51. The second-order valence-electron chi connectivity index (χ2n) is 7.94. The van der Waals surface area contributed by atoms with Gasteiger partial charge in [0, 0.05) is 43.0 Å². The maximum atomic E-state index is 13.5. The molecule has 0 aliphatic carbocycles. The summed E-state index contributed by atoms with van der Waals surface area (Å²) in [5.41, 5.74) is 0.604. The van der Waals surface area contributed by atoms with Gasteiger partial charge in [-0.15, -0.1) is 0 Å². The summed E-state index contributed by atoms with van der Waals surface area (Å²) in [6.45, 7) is 1.93. The van der Waals surface area contributed by atoms with E-state index in [2.05, 4.69) is 5.32 Å². The van der Waals surface area contributed by atoms with E-state index in [-0.39, 0.29) is 23.1 Å². The number of amides is 2. The third kappa shape index (κ3) is 4.03. The first-order valence-electron chi connectivity index (χ1n) is 10.1. The van der Waals surface area contributed by atoms with Crippen LogP contribution in [0.3, 0.4) is 0 Å². The predicted octanol–water partition coefficient (Wildman–Crippen LogP) is 3.34. The lowest BCUT2D eigenvalue weighted by Gasteiger charge is -2.37. The number of carbonyl (C=O) groups excluding carboxylic acids is 2. The molecule has 0 radical (unpaired) electrons. The third-order valence-electron chi connectivity index (χ3n) is 6.15. The van der Waals surface area contributed by atoms with Gasteiger partial charge in [0.1, 0.15) is 11.6 Å². The SMILES string of the molecule is COc1cccc(C(=O)N2C[C@H](C(=O)Nc3cccc(F)c3)C3(CCOCC3)C2)c1. The van der Waals surface area contributed by atoms with Crippen LogP contribution in [-0.2, 0) is 9.53 Å². The number of anilines is 1. The first-order chi connectivity index (χ1) is 14.5. The molecule has 2 aromatic rings. The summed E-state index contributed by atoms with van der Waals surface area (Å²) in [5.74, 6) is -0.500. The molecular weight excluding hydrogens is 387 g/mol. The minimum Gasteiger partial charge on any atom is -0.497 e. The molecule has 2 aromatic carbocycles. The molecule has 2 heterocycles. The van der Waals surface area contributed by atoms with E-state index in [1.807, 2.05) is 0 Å². The van der Waals surface area contributed by atoms with Gasteiger partial charge >= 0.3 is 0 Å². The van der Waals surface area contributed by atoms with E-state index < -0.39 is 5.82 Å². The largest absolute Gasteiger partial charge is 0.497 e. The van der Waals surface area contributed by atoms with E-state index in [9.17, 15) is 14.0 Å². The van der Waals surface area contributed by atoms with Crippen molar-refractivity contribution in [2.75, 3.05) is 38.7 Å². The van der Waals surface area contributed by atoms with Gasteiger partial charge in [-0.05, 0) is 49.2 Å². The molecule has 6 nitrogen and oxygen atoms in total. The maximum absolute atomic E-state index is 13.5. The molecule has 7 heteroatoms. The quantitative estimate of drug-likeness (QED) is 0.836. The fraction of sp³-hybridized carbons (Fsp3) is 0.391. The zero-order chi connectivity index (χ0) is 21.1. The summed E-state index contributed by atoms with van der Waals surface area (Å²) in [7, 11) is 1.56. The number of ether oxygens (including phenoxy) is 2. The predicted molar refractivity (Wildman–Crippen MR) is 110 cm³/mol. The van der Waals surface area contributed by atoms with Gasteiger partial charge in [0.05, 0.1) is 13.0 Å². The Bertz CT molecular complexity index is 942. The van der Waals surface area contributed by atoms with Crippen molar-refractivity contribution in [2.24, 2.45) is 11.3 Å². The molecule has 2 fully saturated rings. The average molecular weight is 412 g/mol. The van der Waals surface area contributed by atoms with Crippen molar-refractivity contribution in [3.63, 3.8) is 0 Å². The van der Waals surface area contributed by atoms with Crippen LogP contribution in [0.4, 0.5) is 10.1 Å². The zero-order valence-electron chi connectivity index (χ0n) is 16.9.